The molecule has 8 heteroatoms. The normalized spacial score (nSPS) is 11.3. The number of hydrogen-bond donors (Lipinski definition) is 1. The van der Waals surface area contributed by atoms with E-state index in [4.69, 9.17) is 16.3 Å². The van der Waals surface area contributed by atoms with Crippen LogP contribution < -0.4 is 9.46 Å². The molecule has 158 valence electrons. The first-order valence-corrected chi connectivity index (χ1v) is 12.3. The van der Waals surface area contributed by atoms with Gasteiger partial charge < -0.3 is 4.74 Å². The Balaban J connectivity index is 1.57. The second-order valence-corrected chi connectivity index (χ2v) is 9.56. The van der Waals surface area contributed by atoms with Crippen LogP contribution in [0.4, 0.5) is 5.69 Å². The van der Waals surface area contributed by atoms with Gasteiger partial charge in [0.1, 0.15) is 10.8 Å². The second-order valence-electron chi connectivity index (χ2n) is 6.61. The Morgan fingerprint density at radius 2 is 1.81 bits per heavy atom. The van der Waals surface area contributed by atoms with Gasteiger partial charge in [0.25, 0.3) is 10.0 Å². The van der Waals surface area contributed by atoms with Crippen LogP contribution in [0.15, 0.2) is 83.1 Å². The first kappa shape index (κ1) is 21.4. The Hall–Kier alpha value is -2.87. The number of ether oxygens (including phenoxy) is 1. The Morgan fingerprint density at radius 1 is 1.03 bits per heavy atom. The predicted molar refractivity (Wildman–Crippen MR) is 126 cm³/mol. The van der Waals surface area contributed by atoms with E-state index in [-0.39, 0.29) is 4.90 Å². The highest BCUT2D eigenvalue weighted by Crippen LogP contribution is 2.33. The average molecular weight is 471 g/mol. The number of aromatic nitrogens is 1. The van der Waals surface area contributed by atoms with Crippen LogP contribution in [-0.2, 0) is 10.0 Å². The van der Waals surface area contributed by atoms with Crippen molar-refractivity contribution in [2.75, 3.05) is 11.3 Å². The van der Waals surface area contributed by atoms with Gasteiger partial charge in [-0.2, -0.15) is 0 Å². The van der Waals surface area contributed by atoms with Crippen LogP contribution in [0.3, 0.4) is 0 Å². The number of halogens is 1. The van der Waals surface area contributed by atoms with E-state index in [1.165, 1.54) is 23.5 Å². The molecule has 0 aliphatic heterocycles. The van der Waals surface area contributed by atoms with Gasteiger partial charge in [-0.3, -0.25) is 4.72 Å². The highest BCUT2D eigenvalue weighted by Gasteiger charge is 2.15. The van der Waals surface area contributed by atoms with E-state index in [2.05, 4.69) is 9.71 Å². The molecular weight excluding hydrogens is 452 g/mol. The number of nitrogens with zero attached hydrogens (tertiary/aromatic N) is 1. The van der Waals surface area contributed by atoms with Crippen molar-refractivity contribution in [3.05, 3.63) is 83.2 Å². The Labute approximate surface area is 190 Å². The fraction of sp³-hybridized carbons (Fsp3) is 0.0870. The topological polar surface area (TPSA) is 68.3 Å². The molecule has 1 aromatic heterocycles. The lowest BCUT2D eigenvalue weighted by molar-refractivity contribution is 0.340. The molecule has 3 aromatic carbocycles. The molecule has 5 nitrogen and oxygen atoms in total. The maximum atomic E-state index is 12.8. The number of thiazole rings is 1. The van der Waals surface area contributed by atoms with Gasteiger partial charge in [0.05, 0.1) is 22.2 Å². The molecule has 0 aliphatic carbocycles. The summed E-state index contributed by atoms with van der Waals surface area (Å²) in [6, 6.07) is 21.0. The summed E-state index contributed by atoms with van der Waals surface area (Å²) in [4.78, 5) is 4.84. The second kappa shape index (κ2) is 9.09. The van der Waals surface area contributed by atoms with Crippen molar-refractivity contribution < 1.29 is 13.2 Å². The summed E-state index contributed by atoms with van der Waals surface area (Å²) in [7, 11) is -3.73. The highest BCUT2D eigenvalue weighted by atomic mass is 35.5. The molecule has 0 amide bonds. The van der Waals surface area contributed by atoms with Crippen LogP contribution in [0.5, 0.6) is 5.75 Å². The third-order valence-corrected chi connectivity index (χ3v) is 7.07. The highest BCUT2D eigenvalue weighted by molar-refractivity contribution is 7.92. The van der Waals surface area contributed by atoms with Crippen LogP contribution in [-0.4, -0.2) is 20.0 Å². The molecular formula is C23H19ClN2O3S2. The molecule has 0 unspecified atom stereocenters. The van der Waals surface area contributed by atoms with Gasteiger partial charge in [0.2, 0.25) is 0 Å². The van der Waals surface area contributed by atoms with Crippen molar-refractivity contribution in [1.82, 2.24) is 4.98 Å². The summed E-state index contributed by atoms with van der Waals surface area (Å²) in [5.41, 5.74) is 2.88. The largest absolute Gasteiger partial charge is 0.494 e. The first-order chi connectivity index (χ1) is 15.0. The van der Waals surface area contributed by atoms with Gasteiger partial charge in [-0.15, -0.1) is 11.3 Å². The average Bonchev–Trinajstić information content (AvgIpc) is 3.25. The van der Waals surface area contributed by atoms with Gasteiger partial charge in [0.15, 0.2) is 0 Å². The zero-order valence-electron chi connectivity index (χ0n) is 16.6. The van der Waals surface area contributed by atoms with Gasteiger partial charge >= 0.3 is 0 Å². The minimum Gasteiger partial charge on any atom is -0.494 e. The molecule has 31 heavy (non-hydrogen) atoms. The van der Waals surface area contributed by atoms with Crippen LogP contribution in [0.2, 0.25) is 5.02 Å². The smallest absolute Gasteiger partial charge is 0.261 e. The van der Waals surface area contributed by atoms with Gasteiger partial charge in [0, 0.05) is 22.2 Å². The molecule has 0 bridgehead atoms. The lowest BCUT2D eigenvalue weighted by atomic mass is 10.1. The van der Waals surface area contributed by atoms with Crippen molar-refractivity contribution in [1.29, 1.82) is 0 Å². The Kier molecular flexibility index (Phi) is 6.27. The van der Waals surface area contributed by atoms with Crippen LogP contribution in [0.1, 0.15) is 6.92 Å². The van der Waals surface area contributed by atoms with E-state index in [0.717, 1.165) is 21.8 Å². The lowest BCUT2D eigenvalue weighted by Gasteiger charge is -2.10. The van der Waals surface area contributed by atoms with E-state index in [0.29, 0.717) is 23.1 Å². The molecule has 0 saturated carbocycles. The SMILES string of the molecule is CCOc1ccc(S(=O)(=O)Nc2cccc(-c3csc(-c4ccccc4Cl)n3)c2)cc1. The summed E-state index contributed by atoms with van der Waals surface area (Å²) >= 11 is 7.77. The minimum atomic E-state index is -3.73. The van der Waals surface area contributed by atoms with Crippen molar-refractivity contribution in [2.45, 2.75) is 11.8 Å². The van der Waals surface area contributed by atoms with E-state index in [9.17, 15) is 8.42 Å². The van der Waals surface area contributed by atoms with Crippen LogP contribution in [0.25, 0.3) is 21.8 Å². The number of sulfonamides is 1. The van der Waals surface area contributed by atoms with E-state index >= 15 is 0 Å². The maximum absolute atomic E-state index is 12.8. The quantitative estimate of drug-likeness (QED) is 0.342. The molecule has 0 aliphatic rings. The van der Waals surface area contributed by atoms with Gasteiger partial charge in [-0.25, -0.2) is 13.4 Å². The van der Waals surface area contributed by atoms with Crippen molar-refractivity contribution in [3.8, 4) is 27.6 Å². The molecule has 0 atom stereocenters. The number of rotatable bonds is 7. The zero-order chi connectivity index (χ0) is 21.8. The Morgan fingerprint density at radius 3 is 2.55 bits per heavy atom. The summed E-state index contributed by atoms with van der Waals surface area (Å²) in [6.45, 7) is 2.39. The molecule has 4 aromatic rings. The first-order valence-electron chi connectivity index (χ1n) is 9.53. The number of hydrogen-bond acceptors (Lipinski definition) is 5. The Bertz CT molecular complexity index is 1300. The monoisotopic (exact) mass is 470 g/mol. The fourth-order valence-electron chi connectivity index (χ4n) is 3.00. The van der Waals surface area contributed by atoms with Crippen molar-refractivity contribution >= 4 is 38.6 Å². The molecule has 0 fully saturated rings. The van der Waals surface area contributed by atoms with E-state index < -0.39 is 10.0 Å². The lowest BCUT2D eigenvalue weighted by Crippen LogP contribution is -2.12. The summed E-state index contributed by atoms with van der Waals surface area (Å²) in [6.07, 6.45) is 0. The third kappa shape index (κ3) is 4.90. The summed E-state index contributed by atoms with van der Waals surface area (Å²) < 4.78 is 33.5. The molecule has 0 saturated heterocycles. The predicted octanol–water partition coefficient (Wildman–Crippen LogP) is 6.33. The fourth-order valence-corrected chi connectivity index (χ4v) is 5.20. The number of benzene rings is 3. The summed E-state index contributed by atoms with van der Waals surface area (Å²) in [5.74, 6) is 0.626. The molecule has 0 spiro atoms. The molecule has 4 rings (SSSR count). The van der Waals surface area contributed by atoms with E-state index in [1.54, 1.807) is 30.3 Å². The minimum absolute atomic E-state index is 0.163. The molecule has 1 heterocycles. The molecule has 1 N–H and O–H groups in total. The van der Waals surface area contributed by atoms with Gasteiger partial charge in [-0.1, -0.05) is 41.9 Å². The van der Waals surface area contributed by atoms with Crippen molar-refractivity contribution in [2.24, 2.45) is 0 Å². The van der Waals surface area contributed by atoms with Gasteiger partial charge in [-0.05, 0) is 49.4 Å². The zero-order valence-corrected chi connectivity index (χ0v) is 19.0. The van der Waals surface area contributed by atoms with Crippen LogP contribution in [0, 0.1) is 0 Å². The third-order valence-electron chi connectivity index (χ3n) is 4.46. The van der Waals surface area contributed by atoms with E-state index in [1.807, 2.05) is 42.6 Å². The standard InChI is InChI=1S/C23H19ClN2O3S2/c1-2-29-18-10-12-19(13-11-18)31(27,28)26-17-7-5-6-16(14-17)22-15-30-23(25-22)20-8-3-4-9-21(20)24/h3-15,26H,2H2,1H3. The molecule has 0 radical (unpaired) electrons. The van der Waals surface area contributed by atoms with Crippen molar-refractivity contribution in [3.63, 3.8) is 0 Å². The maximum Gasteiger partial charge on any atom is 0.261 e. The van der Waals surface area contributed by atoms with Crippen LogP contribution >= 0.6 is 22.9 Å². The number of nitrogens with one attached hydrogen (secondary N) is 1. The summed E-state index contributed by atoms with van der Waals surface area (Å²) in [5, 5.41) is 3.37. The number of anilines is 1.